The minimum atomic E-state index is 0.691. The summed E-state index contributed by atoms with van der Waals surface area (Å²) in [5.74, 6) is 1.84. The van der Waals surface area contributed by atoms with Crippen LogP contribution in [0, 0.1) is 11.8 Å². The maximum atomic E-state index is 4.46. The van der Waals surface area contributed by atoms with E-state index in [9.17, 15) is 0 Å². The van der Waals surface area contributed by atoms with Crippen LogP contribution in [-0.4, -0.2) is 5.25 Å². The van der Waals surface area contributed by atoms with Gasteiger partial charge in [0.1, 0.15) is 0 Å². The van der Waals surface area contributed by atoms with E-state index in [0.717, 1.165) is 11.8 Å². The molecule has 0 radical (unpaired) electrons. The zero-order chi connectivity index (χ0) is 8.85. The van der Waals surface area contributed by atoms with Gasteiger partial charge >= 0.3 is 0 Å². The van der Waals surface area contributed by atoms with E-state index in [1.807, 2.05) is 13.8 Å². The van der Waals surface area contributed by atoms with Crippen molar-refractivity contribution in [2.24, 2.45) is 11.8 Å². The first-order chi connectivity index (χ1) is 5.20. The second kappa shape index (κ2) is 5.93. The summed E-state index contributed by atoms with van der Waals surface area (Å²) in [5, 5.41) is 0.691. The third kappa shape index (κ3) is 4.05. The van der Waals surface area contributed by atoms with Gasteiger partial charge in [0.25, 0.3) is 0 Å². The van der Waals surface area contributed by atoms with Gasteiger partial charge in [-0.25, -0.2) is 0 Å². The lowest BCUT2D eigenvalue weighted by Crippen LogP contribution is -2.20. The molecule has 0 bridgehead atoms. The Labute approximate surface area is 77.2 Å². The summed E-state index contributed by atoms with van der Waals surface area (Å²) < 4.78 is 0. The van der Waals surface area contributed by atoms with Crippen molar-refractivity contribution in [3.05, 3.63) is 0 Å². The van der Waals surface area contributed by atoms with Crippen LogP contribution in [0.5, 0.6) is 0 Å². The number of hydrogen-bond donors (Lipinski definition) is 1. The van der Waals surface area contributed by atoms with Crippen molar-refractivity contribution in [2.45, 2.75) is 52.2 Å². The molecule has 1 aliphatic rings. The monoisotopic (exact) mass is 174 g/mol. The third-order valence-corrected chi connectivity index (χ3v) is 3.04. The lowest BCUT2D eigenvalue weighted by atomic mass is 9.81. The van der Waals surface area contributed by atoms with Gasteiger partial charge in [0.05, 0.1) is 0 Å². The molecule has 1 rings (SSSR count). The van der Waals surface area contributed by atoms with Gasteiger partial charge in [-0.3, -0.25) is 0 Å². The van der Waals surface area contributed by atoms with E-state index < -0.39 is 0 Å². The molecule has 0 heterocycles. The van der Waals surface area contributed by atoms with Gasteiger partial charge in [-0.15, -0.1) is 0 Å². The molecule has 1 aliphatic carbocycles. The Morgan fingerprint density at radius 1 is 1.00 bits per heavy atom. The summed E-state index contributed by atoms with van der Waals surface area (Å²) in [6, 6.07) is 0. The lowest BCUT2D eigenvalue weighted by molar-refractivity contribution is 0.284. The average Bonchev–Trinajstić information content (AvgIpc) is 2.02. The molecule has 1 saturated carbocycles. The van der Waals surface area contributed by atoms with Crippen LogP contribution in [0.2, 0.25) is 0 Å². The zero-order valence-corrected chi connectivity index (χ0v) is 9.20. The van der Waals surface area contributed by atoms with Crippen LogP contribution >= 0.6 is 12.6 Å². The Bertz CT molecular complexity index is 90.9. The minimum Gasteiger partial charge on any atom is -0.176 e. The standard InChI is InChI=1S/C8H16S.C2H6/c1-6-3-4-8(9)5-7(6)2;1-2/h6-9H,3-5H2,1-2H3;1-2H3. The molecule has 0 aromatic carbocycles. The van der Waals surface area contributed by atoms with E-state index in [0.29, 0.717) is 5.25 Å². The fraction of sp³-hybridized carbons (Fsp3) is 1.00. The first kappa shape index (κ1) is 11.4. The minimum absolute atomic E-state index is 0.691. The highest BCUT2D eigenvalue weighted by atomic mass is 32.1. The van der Waals surface area contributed by atoms with E-state index in [2.05, 4.69) is 26.5 Å². The van der Waals surface area contributed by atoms with Crippen molar-refractivity contribution in [3.63, 3.8) is 0 Å². The van der Waals surface area contributed by atoms with Gasteiger partial charge in [-0.2, -0.15) is 12.6 Å². The Hall–Kier alpha value is 0.350. The molecule has 3 unspecified atom stereocenters. The van der Waals surface area contributed by atoms with E-state index in [4.69, 9.17) is 0 Å². The fourth-order valence-electron chi connectivity index (χ4n) is 1.52. The van der Waals surface area contributed by atoms with Crippen molar-refractivity contribution in [3.8, 4) is 0 Å². The van der Waals surface area contributed by atoms with Crippen LogP contribution < -0.4 is 0 Å². The summed E-state index contributed by atoms with van der Waals surface area (Å²) in [7, 11) is 0. The highest BCUT2D eigenvalue weighted by molar-refractivity contribution is 7.80. The van der Waals surface area contributed by atoms with Gasteiger partial charge in [-0.05, 0) is 31.1 Å². The van der Waals surface area contributed by atoms with E-state index in [-0.39, 0.29) is 0 Å². The molecule has 0 N–H and O–H groups in total. The lowest BCUT2D eigenvalue weighted by Gasteiger charge is -2.29. The molecule has 0 amide bonds. The molecule has 0 aromatic rings. The van der Waals surface area contributed by atoms with Gasteiger partial charge in [0, 0.05) is 5.25 Å². The molecule has 0 saturated heterocycles. The summed E-state index contributed by atoms with van der Waals surface area (Å²) in [6.07, 6.45) is 4.04. The van der Waals surface area contributed by atoms with Crippen LogP contribution in [0.4, 0.5) is 0 Å². The van der Waals surface area contributed by atoms with Crippen molar-refractivity contribution in [1.82, 2.24) is 0 Å². The summed E-state index contributed by atoms with van der Waals surface area (Å²) >= 11 is 4.46. The molecule has 3 atom stereocenters. The second-order valence-electron chi connectivity index (χ2n) is 3.42. The second-order valence-corrected chi connectivity index (χ2v) is 4.15. The molecule has 1 fully saturated rings. The van der Waals surface area contributed by atoms with Gasteiger partial charge in [0.15, 0.2) is 0 Å². The van der Waals surface area contributed by atoms with Crippen LogP contribution in [0.15, 0.2) is 0 Å². The maximum Gasteiger partial charge on any atom is 0.00195 e. The highest BCUT2D eigenvalue weighted by Crippen LogP contribution is 2.31. The average molecular weight is 174 g/mol. The Morgan fingerprint density at radius 3 is 1.91 bits per heavy atom. The van der Waals surface area contributed by atoms with Gasteiger partial charge in [-0.1, -0.05) is 27.7 Å². The molecule has 0 spiro atoms. The van der Waals surface area contributed by atoms with Gasteiger partial charge in [0.2, 0.25) is 0 Å². The Balaban J connectivity index is 0.000000461. The zero-order valence-electron chi connectivity index (χ0n) is 8.30. The largest absolute Gasteiger partial charge is 0.176 e. The smallest absolute Gasteiger partial charge is 0.00195 e. The fourth-order valence-corrected chi connectivity index (χ4v) is 2.00. The Kier molecular flexibility index (Phi) is 6.12. The topological polar surface area (TPSA) is 0 Å². The predicted molar refractivity (Wildman–Crippen MR) is 56.3 cm³/mol. The van der Waals surface area contributed by atoms with E-state index in [1.54, 1.807) is 0 Å². The highest BCUT2D eigenvalue weighted by Gasteiger charge is 2.21. The molecule has 0 aliphatic heterocycles. The van der Waals surface area contributed by atoms with Crippen LogP contribution in [0.25, 0.3) is 0 Å². The SMILES string of the molecule is CC.CC1CCC(S)CC1C. The molecule has 11 heavy (non-hydrogen) atoms. The number of hydrogen-bond acceptors (Lipinski definition) is 1. The summed E-state index contributed by atoms with van der Waals surface area (Å²) in [5.41, 5.74) is 0. The molecule has 0 aromatic heterocycles. The van der Waals surface area contributed by atoms with Crippen molar-refractivity contribution >= 4 is 12.6 Å². The van der Waals surface area contributed by atoms with E-state index in [1.165, 1.54) is 19.3 Å². The first-order valence-electron chi connectivity index (χ1n) is 4.88. The Morgan fingerprint density at radius 2 is 1.55 bits per heavy atom. The molecular formula is C10H22S. The van der Waals surface area contributed by atoms with Gasteiger partial charge < -0.3 is 0 Å². The molecule has 1 heteroatoms. The van der Waals surface area contributed by atoms with Crippen LogP contribution in [0.1, 0.15) is 47.0 Å². The molecular weight excluding hydrogens is 152 g/mol. The maximum absolute atomic E-state index is 4.46. The third-order valence-electron chi connectivity index (χ3n) is 2.57. The quantitative estimate of drug-likeness (QED) is 0.531. The molecule has 68 valence electrons. The van der Waals surface area contributed by atoms with Crippen molar-refractivity contribution < 1.29 is 0 Å². The number of thiol groups is 1. The molecule has 0 nitrogen and oxygen atoms in total. The predicted octanol–water partition coefficient (Wildman–Crippen LogP) is 3.77. The number of rotatable bonds is 0. The summed E-state index contributed by atoms with van der Waals surface area (Å²) in [4.78, 5) is 0. The first-order valence-corrected chi connectivity index (χ1v) is 5.40. The van der Waals surface area contributed by atoms with Crippen LogP contribution in [0.3, 0.4) is 0 Å². The normalized spacial score (nSPS) is 37.4. The van der Waals surface area contributed by atoms with Crippen molar-refractivity contribution in [1.29, 1.82) is 0 Å². The summed E-state index contributed by atoms with van der Waals surface area (Å²) in [6.45, 7) is 8.69. The van der Waals surface area contributed by atoms with Crippen LogP contribution in [-0.2, 0) is 0 Å². The van der Waals surface area contributed by atoms with E-state index >= 15 is 0 Å². The van der Waals surface area contributed by atoms with Crippen molar-refractivity contribution in [2.75, 3.05) is 0 Å².